The van der Waals surface area contributed by atoms with Crippen molar-refractivity contribution in [2.75, 3.05) is 6.54 Å². The minimum absolute atomic E-state index is 0.00324. The molecule has 2 rings (SSSR count). The normalized spacial score (nSPS) is 20.7. The SMILES string of the molecule is NCC(c1ccccn1)C(O)C1CCC1. The molecule has 1 aromatic rings. The van der Waals surface area contributed by atoms with Crippen LogP contribution in [0.1, 0.15) is 30.9 Å². The van der Waals surface area contributed by atoms with E-state index < -0.39 is 0 Å². The lowest BCUT2D eigenvalue weighted by Gasteiger charge is -2.34. The number of hydrogen-bond acceptors (Lipinski definition) is 3. The molecule has 1 heterocycles. The van der Waals surface area contributed by atoms with Crippen molar-refractivity contribution in [3.63, 3.8) is 0 Å². The van der Waals surface area contributed by atoms with E-state index in [1.807, 2.05) is 18.2 Å². The van der Waals surface area contributed by atoms with Gasteiger partial charge >= 0.3 is 0 Å². The van der Waals surface area contributed by atoms with Gasteiger partial charge in [-0.1, -0.05) is 12.5 Å². The average molecular weight is 206 g/mol. The number of aliphatic hydroxyl groups is 1. The molecule has 1 aliphatic rings. The van der Waals surface area contributed by atoms with Crippen LogP contribution < -0.4 is 5.73 Å². The molecule has 3 nitrogen and oxygen atoms in total. The number of aromatic nitrogens is 1. The Kier molecular flexibility index (Phi) is 3.34. The second kappa shape index (κ2) is 4.73. The number of hydrogen-bond donors (Lipinski definition) is 2. The maximum absolute atomic E-state index is 10.2. The Morgan fingerprint density at radius 2 is 2.27 bits per heavy atom. The van der Waals surface area contributed by atoms with Gasteiger partial charge in [-0.3, -0.25) is 4.98 Å². The molecule has 1 fully saturated rings. The van der Waals surface area contributed by atoms with Gasteiger partial charge in [0.2, 0.25) is 0 Å². The molecule has 0 bridgehead atoms. The van der Waals surface area contributed by atoms with Crippen LogP contribution >= 0.6 is 0 Å². The number of pyridine rings is 1. The third-order valence-electron chi connectivity index (χ3n) is 3.37. The van der Waals surface area contributed by atoms with E-state index in [9.17, 15) is 5.11 Å². The minimum atomic E-state index is -0.321. The molecular weight excluding hydrogens is 188 g/mol. The van der Waals surface area contributed by atoms with E-state index >= 15 is 0 Å². The maximum atomic E-state index is 10.2. The zero-order valence-electron chi connectivity index (χ0n) is 8.84. The highest BCUT2D eigenvalue weighted by Gasteiger charge is 2.32. The Morgan fingerprint density at radius 3 is 2.73 bits per heavy atom. The van der Waals surface area contributed by atoms with Crippen molar-refractivity contribution >= 4 is 0 Å². The fourth-order valence-corrected chi connectivity index (χ4v) is 2.14. The van der Waals surface area contributed by atoms with Crippen molar-refractivity contribution < 1.29 is 5.11 Å². The van der Waals surface area contributed by atoms with Crippen molar-refractivity contribution in [1.29, 1.82) is 0 Å². The maximum Gasteiger partial charge on any atom is 0.0664 e. The summed E-state index contributed by atoms with van der Waals surface area (Å²) in [5, 5.41) is 10.2. The molecule has 0 amide bonds. The van der Waals surface area contributed by atoms with E-state index in [2.05, 4.69) is 4.98 Å². The lowest BCUT2D eigenvalue weighted by atomic mass is 9.76. The molecule has 0 radical (unpaired) electrons. The van der Waals surface area contributed by atoms with Gasteiger partial charge in [-0.15, -0.1) is 0 Å². The van der Waals surface area contributed by atoms with Gasteiger partial charge in [-0.25, -0.2) is 0 Å². The number of rotatable bonds is 4. The fraction of sp³-hybridized carbons (Fsp3) is 0.583. The van der Waals surface area contributed by atoms with Gasteiger partial charge in [0.05, 0.1) is 6.10 Å². The van der Waals surface area contributed by atoms with Gasteiger partial charge in [0.15, 0.2) is 0 Å². The van der Waals surface area contributed by atoms with Crippen molar-refractivity contribution in [2.45, 2.75) is 31.3 Å². The summed E-state index contributed by atoms with van der Waals surface area (Å²) in [6.07, 6.45) is 4.93. The van der Waals surface area contributed by atoms with E-state index in [-0.39, 0.29) is 12.0 Å². The Bertz CT molecular complexity index is 298. The zero-order chi connectivity index (χ0) is 10.7. The lowest BCUT2D eigenvalue weighted by molar-refractivity contribution is 0.0410. The van der Waals surface area contributed by atoms with Crippen molar-refractivity contribution in [3.8, 4) is 0 Å². The van der Waals surface area contributed by atoms with Crippen LogP contribution in [0, 0.1) is 5.92 Å². The number of nitrogens with two attached hydrogens (primary N) is 1. The predicted octanol–water partition coefficient (Wildman–Crippen LogP) is 1.28. The van der Waals surface area contributed by atoms with Gasteiger partial charge in [0.25, 0.3) is 0 Å². The smallest absolute Gasteiger partial charge is 0.0664 e. The Balaban J connectivity index is 2.09. The third kappa shape index (κ3) is 2.19. The first-order valence-corrected chi connectivity index (χ1v) is 5.62. The Labute approximate surface area is 90.3 Å². The van der Waals surface area contributed by atoms with Crippen LogP contribution in [-0.4, -0.2) is 22.7 Å². The molecule has 0 aliphatic heterocycles. The highest BCUT2D eigenvalue weighted by atomic mass is 16.3. The summed E-state index contributed by atoms with van der Waals surface area (Å²) < 4.78 is 0. The number of aliphatic hydroxyl groups excluding tert-OH is 1. The molecule has 0 saturated heterocycles. The highest BCUT2D eigenvalue weighted by molar-refractivity contribution is 5.12. The molecule has 1 aliphatic carbocycles. The molecule has 3 N–H and O–H groups in total. The van der Waals surface area contributed by atoms with Crippen molar-refractivity contribution in [2.24, 2.45) is 11.7 Å². The van der Waals surface area contributed by atoms with E-state index in [4.69, 9.17) is 5.73 Å². The zero-order valence-corrected chi connectivity index (χ0v) is 8.84. The quantitative estimate of drug-likeness (QED) is 0.780. The first kappa shape index (κ1) is 10.6. The third-order valence-corrected chi connectivity index (χ3v) is 3.37. The molecule has 15 heavy (non-hydrogen) atoms. The first-order chi connectivity index (χ1) is 7.33. The van der Waals surface area contributed by atoms with Crippen LogP contribution in [0.25, 0.3) is 0 Å². The molecule has 0 aromatic carbocycles. The second-order valence-electron chi connectivity index (χ2n) is 4.28. The Morgan fingerprint density at radius 1 is 1.47 bits per heavy atom. The standard InChI is InChI=1S/C12H18N2O/c13-8-10(11-6-1-2-7-14-11)12(15)9-4-3-5-9/h1-2,6-7,9-10,12,15H,3-5,8,13H2. The molecule has 1 saturated carbocycles. The van der Waals surface area contributed by atoms with Crippen LogP contribution in [0.4, 0.5) is 0 Å². The molecule has 82 valence electrons. The molecule has 3 heteroatoms. The van der Waals surface area contributed by atoms with Crippen LogP contribution in [0.3, 0.4) is 0 Å². The summed E-state index contributed by atoms with van der Waals surface area (Å²) in [6, 6.07) is 5.77. The van der Waals surface area contributed by atoms with E-state index in [1.165, 1.54) is 6.42 Å². The largest absolute Gasteiger partial charge is 0.392 e. The first-order valence-electron chi connectivity index (χ1n) is 5.62. The summed E-state index contributed by atoms with van der Waals surface area (Å²) in [6.45, 7) is 0.467. The minimum Gasteiger partial charge on any atom is -0.392 e. The molecular formula is C12H18N2O. The second-order valence-corrected chi connectivity index (χ2v) is 4.28. The van der Waals surface area contributed by atoms with Crippen molar-refractivity contribution in [1.82, 2.24) is 4.98 Å². The summed E-state index contributed by atoms with van der Waals surface area (Å²) in [4.78, 5) is 4.27. The van der Waals surface area contributed by atoms with E-state index in [1.54, 1.807) is 6.20 Å². The lowest BCUT2D eigenvalue weighted by Crippen LogP contribution is -2.36. The van der Waals surface area contributed by atoms with E-state index in [0.29, 0.717) is 12.5 Å². The van der Waals surface area contributed by atoms with Gasteiger partial charge < -0.3 is 10.8 Å². The van der Waals surface area contributed by atoms with E-state index in [0.717, 1.165) is 18.5 Å². The monoisotopic (exact) mass is 206 g/mol. The van der Waals surface area contributed by atoms with Crippen LogP contribution in [0.2, 0.25) is 0 Å². The van der Waals surface area contributed by atoms with Gasteiger partial charge in [-0.05, 0) is 30.9 Å². The summed E-state index contributed by atoms with van der Waals surface area (Å²) >= 11 is 0. The van der Waals surface area contributed by atoms with Crippen LogP contribution in [0.15, 0.2) is 24.4 Å². The number of nitrogens with zero attached hydrogens (tertiary/aromatic N) is 1. The molecule has 1 aromatic heterocycles. The molecule has 2 atom stereocenters. The summed E-state index contributed by atoms with van der Waals surface area (Å²) in [5.41, 5.74) is 6.64. The average Bonchev–Trinajstić information content (AvgIpc) is 2.18. The van der Waals surface area contributed by atoms with Gasteiger partial charge in [-0.2, -0.15) is 0 Å². The van der Waals surface area contributed by atoms with Gasteiger partial charge in [0.1, 0.15) is 0 Å². The molecule has 0 spiro atoms. The Hall–Kier alpha value is -0.930. The predicted molar refractivity (Wildman–Crippen MR) is 59.4 cm³/mol. The van der Waals surface area contributed by atoms with Crippen LogP contribution in [-0.2, 0) is 0 Å². The molecule has 2 unspecified atom stereocenters. The topological polar surface area (TPSA) is 59.1 Å². The summed E-state index contributed by atoms with van der Waals surface area (Å²) in [5.74, 6) is 0.428. The van der Waals surface area contributed by atoms with Crippen molar-refractivity contribution in [3.05, 3.63) is 30.1 Å². The van der Waals surface area contributed by atoms with Crippen LogP contribution in [0.5, 0.6) is 0 Å². The fourth-order valence-electron chi connectivity index (χ4n) is 2.14. The summed E-state index contributed by atoms with van der Waals surface area (Å²) in [7, 11) is 0. The van der Waals surface area contributed by atoms with Gasteiger partial charge in [0, 0.05) is 24.4 Å². The highest BCUT2D eigenvalue weighted by Crippen LogP contribution is 2.35.